The van der Waals surface area contributed by atoms with Gasteiger partial charge < -0.3 is 21.1 Å². The molecule has 2 saturated carbocycles. The fourth-order valence-electron chi connectivity index (χ4n) is 4.47. The number of aromatic nitrogens is 2. The molecule has 6 nitrogen and oxygen atoms in total. The van der Waals surface area contributed by atoms with Gasteiger partial charge in [0, 0.05) is 43.8 Å². The molecule has 0 spiro atoms. The maximum absolute atomic E-state index is 13.7. The Hall–Kier alpha value is -2.55. The lowest BCUT2D eigenvalue weighted by Gasteiger charge is -2.44. The van der Waals surface area contributed by atoms with Crippen LogP contribution < -0.4 is 16.4 Å². The van der Waals surface area contributed by atoms with Crippen molar-refractivity contribution in [2.24, 2.45) is 5.41 Å². The van der Waals surface area contributed by atoms with Crippen molar-refractivity contribution in [2.75, 3.05) is 43.7 Å². The number of nitrogen functional groups attached to an aromatic ring is 2. The average Bonchev–Trinajstić information content (AvgIpc) is 3.52. The van der Waals surface area contributed by atoms with E-state index in [-0.39, 0.29) is 28.4 Å². The van der Waals surface area contributed by atoms with Gasteiger partial charge in [0.05, 0.1) is 34.9 Å². The molecule has 0 atom stereocenters. The number of alkyl halides is 3. The topological polar surface area (TPSA) is 90.3 Å². The van der Waals surface area contributed by atoms with E-state index in [0.717, 1.165) is 38.2 Å². The zero-order valence-corrected chi connectivity index (χ0v) is 17.8. The first kappa shape index (κ1) is 21.7. The van der Waals surface area contributed by atoms with Crippen molar-refractivity contribution < 1.29 is 17.9 Å². The summed E-state index contributed by atoms with van der Waals surface area (Å²) in [6, 6.07) is 2.82. The molecule has 2 aromatic heterocycles. The van der Waals surface area contributed by atoms with Crippen LogP contribution in [-0.2, 0) is 10.9 Å². The minimum absolute atomic E-state index is 0.0467. The highest BCUT2D eigenvalue weighted by atomic mass is 19.4. The third kappa shape index (κ3) is 4.28. The minimum atomic E-state index is -4.48. The molecule has 0 unspecified atom stereocenters. The second-order valence-corrected chi connectivity index (χ2v) is 8.90. The standard InChI is InChI=1S/C22H28F3N5O/c1-30(11-21(12-31-2)6-3-7-21)17-9-16(29-20(27)18(17)26)14-8-15(22(23,24)25)19(28-10-14)13-4-5-13/h8-10,13H,3-7,11-12,26H2,1-2H3,(H2,27,29). The lowest BCUT2D eigenvalue weighted by atomic mass is 9.69. The number of pyridine rings is 2. The summed E-state index contributed by atoms with van der Waals surface area (Å²) in [7, 11) is 3.59. The van der Waals surface area contributed by atoms with Crippen molar-refractivity contribution in [3.8, 4) is 11.3 Å². The first-order chi connectivity index (χ1) is 14.6. The van der Waals surface area contributed by atoms with Gasteiger partial charge in [-0.2, -0.15) is 13.2 Å². The predicted molar refractivity (Wildman–Crippen MR) is 115 cm³/mol. The van der Waals surface area contributed by atoms with E-state index in [2.05, 4.69) is 9.97 Å². The highest BCUT2D eigenvalue weighted by Gasteiger charge is 2.40. The summed E-state index contributed by atoms with van der Waals surface area (Å²) in [5.74, 6) is -0.0233. The third-order valence-corrected chi connectivity index (χ3v) is 6.40. The SMILES string of the molecule is COCC1(CN(C)c2cc(-c3cnc(C4CC4)c(C(F)(F)F)c3)nc(N)c2N)CCC1. The smallest absolute Gasteiger partial charge is 0.394 e. The summed E-state index contributed by atoms with van der Waals surface area (Å²) >= 11 is 0. The fourth-order valence-corrected chi connectivity index (χ4v) is 4.47. The van der Waals surface area contributed by atoms with Crippen LogP contribution >= 0.6 is 0 Å². The summed E-state index contributed by atoms with van der Waals surface area (Å²) in [6.07, 6.45) is 1.70. The van der Waals surface area contributed by atoms with E-state index in [4.69, 9.17) is 16.2 Å². The summed E-state index contributed by atoms with van der Waals surface area (Å²) in [5, 5.41) is 0. The van der Waals surface area contributed by atoms with E-state index in [1.165, 1.54) is 6.20 Å². The Morgan fingerprint density at radius 2 is 1.94 bits per heavy atom. The van der Waals surface area contributed by atoms with Gasteiger partial charge in [0.2, 0.25) is 0 Å². The molecule has 2 aliphatic rings. The number of methoxy groups -OCH3 is 1. The molecule has 0 amide bonds. The van der Waals surface area contributed by atoms with Crippen molar-refractivity contribution in [1.82, 2.24) is 9.97 Å². The number of nitrogens with zero attached hydrogens (tertiary/aromatic N) is 3. The Kier molecular flexibility index (Phi) is 5.49. The number of halogens is 3. The molecule has 4 rings (SSSR count). The Balaban J connectivity index is 1.69. The van der Waals surface area contributed by atoms with Gasteiger partial charge in [0.25, 0.3) is 0 Å². The number of anilines is 3. The molecule has 2 heterocycles. The molecule has 2 fully saturated rings. The van der Waals surface area contributed by atoms with Crippen molar-refractivity contribution in [1.29, 1.82) is 0 Å². The zero-order chi connectivity index (χ0) is 22.4. The highest BCUT2D eigenvalue weighted by molar-refractivity contribution is 5.82. The van der Waals surface area contributed by atoms with Crippen molar-refractivity contribution in [2.45, 2.75) is 44.2 Å². The molecule has 0 radical (unpaired) electrons. The van der Waals surface area contributed by atoms with E-state index >= 15 is 0 Å². The van der Waals surface area contributed by atoms with Gasteiger partial charge in [-0.1, -0.05) is 6.42 Å². The maximum atomic E-state index is 13.7. The van der Waals surface area contributed by atoms with Crippen molar-refractivity contribution in [3.63, 3.8) is 0 Å². The second-order valence-electron chi connectivity index (χ2n) is 8.90. The normalized spacial score (nSPS) is 18.0. The molecule has 31 heavy (non-hydrogen) atoms. The van der Waals surface area contributed by atoms with Crippen molar-refractivity contribution >= 4 is 17.2 Å². The first-order valence-corrected chi connectivity index (χ1v) is 10.5. The summed E-state index contributed by atoms with van der Waals surface area (Å²) in [5.41, 5.74) is 13.3. The van der Waals surface area contributed by atoms with Gasteiger partial charge in [0.1, 0.15) is 5.82 Å². The minimum Gasteiger partial charge on any atom is -0.394 e. The van der Waals surface area contributed by atoms with Gasteiger partial charge in [-0.3, -0.25) is 4.98 Å². The Labute approximate surface area is 179 Å². The number of hydrogen-bond donors (Lipinski definition) is 2. The highest BCUT2D eigenvalue weighted by Crippen LogP contribution is 2.46. The van der Waals surface area contributed by atoms with Gasteiger partial charge in [-0.05, 0) is 37.8 Å². The van der Waals surface area contributed by atoms with Crippen LogP contribution in [0.1, 0.15) is 49.3 Å². The molecule has 0 aromatic carbocycles. The molecule has 168 valence electrons. The average molecular weight is 435 g/mol. The van der Waals surface area contributed by atoms with Gasteiger partial charge in [-0.25, -0.2) is 4.98 Å². The summed E-state index contributed by atoms with van der Waals surface area (Å²) < 4.78 is 46.4. The maximum Gasteiger partial charge on any atom is 0.418 e. The molecular weight excluding hydrogens is 407 g/mol. The molecule has 9 heteroatoms. The Bertz CT molecular complexity index is 970. The number of ether oxygens (including phenoxy) is 1. The van der Waals surface area contributed by atoms with Crippen LogP contribution in [0.4, 0.5) is 30.4 Å². The van der Waals surface area contributed by atoms with Gasteiger partial charge in [0.15, 0.2) is 0 Å². The fraction of sp³-hybridized carbons (Fsp3) is 0.545. The van der Waals surface area contributed by atoms with Crippen LogP contribution in [0.15, 0.2) is 18.3 Å². The molecule has 4 N–H and O–H groups in total. The number of nitrogens with two attached hydrogens (primary N) is 2. The molecule has 0 bridgehead atoms. The van der Waals surface area contributed by atoms with E-state index in [9.17, 15) is 13.2 Å². The molecule has 2 aromatic rings. The number of rotatable bonds is 7. The van der Waals surface area contributed by atoms with Crippen molar-refractivity contribution in [3.05, 3.63) is 29.6 Å². The molecule has 0 aliphatic heterocycles. The summed E-state index contributed by atoms with van der Waals surface area (Å²) in [6.45, 7) is 1.35. The second kappa shape index (κ2) is 7.85. The predicted octanol–water partition coefficient (Wildman–Crippen LogP) is 4.46. The van der Waals surface area contributed by atoms with Crippen LogP contribution in [0.5, 0.6) is 0 Å². The monoisotopic (exact) mass is 435 g/mol. The third-order valence-electron chi connectivity index (χ3n) is 6.40. The van der Waals surface area contributed by atoms with E-state index in [0.29, 0.717) is 30.2 Å². The quantitative estimate of drug-likeness (QED) is 0.668. The Morgan fingerprint density at radius 3 is 2.48 bits per heavy atom. The lowest BCUT2D eigenvalue weighted by molar-refractivity contribution is -0.138. The molecule has 2 aliphatic carbocycles. The molecular formula is C22H28F3N5O. The number of hydrogen-bond acceptors (Lipinski definition) is 6. The van der Waals surface area contributed by atoms with Crippen LogP contribution in [0.3, 0.4) is 0 Å². The molecule has 0 saturated heterocycles. The van der Waals surface area contributed by atoms with Gasteiger partial charge in [-0.15, -0.1) is 0 Å². The van der Waals surface area contributed by atoms with Crippen LogP contribution in [0, 0.1) is 5.41 Å². The van der Waals surface area contributed by atoms with E-state index in [1.807, 2.05) is 11.9 Å². The lowest BCUT2D eigenvalue weighted by Crippen LogP contribution is -2.44. The van der Waals surface area contributed by atoms with Crippen LogP contribution in [0.2, 0.25) is 0 Å². The summed E-state index contributed by atoms with van der Waals surface area (Å²) in [4.78, 5) is 10.4. The van der Waals surface area contributed by atoms with Crippen LogP contribution in [0.25, 0.3) is 11.3 Å². The van der Waals surface area contributed by atoms with E-state index in [1.54, 1.807) is 13.2 Å². The Morgan fingerprint density at radius 1 is 1.23 bits per heavy atom. The first-order valence-electron chi connectivity index (χ1n) is 10.5. The van der Waals surface area contributed by atoms with Crippen LogP contribution in [-0.4, -0.2) is 37.3 Å². The largest absolute Gasteiger partial charge is 0.418 e. The van der Waals surface area contributed by atoms with Gasteiger partial charge >= 0.3 is 6.18 Å². The van der Waals surface area contributed by atoms with E-state index < -0.39 is 11.7 Å². The zero-order valence-electron chi connectivity index (χ0n) is 17.8.